The highest BCUT2D eigenvalue weighted by Crippen LogP contribution is 2.27. The number of rotatable bonds is 0. The predicted octanol–water partition coefficient (Wildman–Crippen LogP) is 1.01. The van der Waals surface area contributed by atoms with Crippen LogP contribution in [0.4, 0.5) is 0 Å². The minimum atomic E-state index is 0.604. The summed E-state index contributed by atoms with van der Waals surface area (Å²) in [5, 5.41) is 3.41. The first-order chi connectivity index (χ1) is 4.97. The first-order valence-corrected chi connectivity index (χ1v) is 4.51. The number of aliphatic imine (C=N–C) groups is 1. The molecule has 0 aromatic carbocycles. The third kappa shape index (κ3) is 1.11. The van der Waals surface area contributed by atoms with Crippen LogP contribution in [0.2, 0.25) is 0 Å². The first kappa shape index (κ1) is 6.43. The summed E-state index contributed by atoms with van der Waals surface area (Å²) in [7, 11) is 0. The van der Waals surface area contributed by atoms with Gasteiger partial charge < -0.3 is 5.32 Å². The van der Waals surface area contributed by atoms with E-state index in [1.807, 2.05) is 18.0 Å². The maximum atomic E-state index is 4.20. The van der Waals surface area contributed by atoms with Crippen molar-refractivity contribution in [3.8, 4) is 0 Å². The molecule has 2 rings (SSSR count). The van der Waals surface area contributed by atoms with E-state index in [1.165, 1.54) is 4.91 Å². The van der Waals surface area contributed by atoms with E-state index in [1.54, 1.807) is 0 Å². The van der Waals surface area contributed by atoms with Crippen LogP contribution in [-0.2, 0) is 0 Å². The van der Waals surface area contributed by atoms with Gasteiger partial charge in [-0.15, -0.1) is 11.8 Å². The highest BCUT2D eigenvalue weighted by atomic mass is 32.2. The van der Waals surface area contributed by atoms with Crippen LogP contribution in [0.25, 0.3) is 0 Å². The van der Waals surface area contributed by atoms with Gasteiger partial charge in [-0.25, -0.2) is 0 Å². The van der Waals surface area contributed by atoms with Gasteiger partial charge in [0.2, 0.25) is 0 Å². The number of nitrogens with zero attached hydrogens (tertiary/aromatic N) is 1. The molecule has 2 aliphatic rings. The van der Waals surface area contributed by atoms with Gasteiger partial charge >= 0.3 is 0 Å². The molecular formula is C7H10N2S. The molecule has 0 aliphatic carbocycles. The molecule has 0 aromatic heterocycles. The molecule has 1 atom stereocenters. The van der Waals surface area contributed by atoms with Gasteiger partial charge in [0.05, 0.1) is 0 Å². The van der Waals surface area contributed by atoms with E-state index in [9.17, 15) is 0 Å². The van der Waals surface area contributed by atoms with Crippen molar-refractivity contribution in [2.45, 2.75) is 12.5 Å². The van der Waals surface area contributed by atoms with E-state index in [2.05, 4.69) is 16.4 Å². The highest BCUT2D eigenvalue weighted by molar-refractivity contribution is 8.03. The number of nitrogens with one attached hydrogen (secondary N) is 1. The van der Waals surface area contributed by atoms with E-state index in [-0.39, 0.29) is 0 Å². The molecule has 0 amide bonds. The van der Waals surface area contributed by atoms with Crippen LogP contribution in [0.5, 0.6) is 0 Å². The maximum absolute atomic E-state index is 4.20. The summed E-state index contributed by atoms with van der Waals surface area (Å²) in [6.45, 7) is 0.970. The Morgan fingerprint density at radius 3 is 3.70 bits per heavy atom. The van der Waals surface area contributed by atoms with Crippen molar-refractivity contribution in [1.29, 1.82) is 0 Å². The van der Waals surface area contributed by atoms with Crippen LogP contribution >= 0.6 is 11.8 Å². The normalized spacial score (nSPS) is 31.2. The first-order valence-electron chi connectivity index (χ1n) is 3.53. The van der Waals surface area contributed by atoms with E-state index in [0.717, 1.165) is 18.8 Å². The zero-order chi connectivity index (χ0) is 6.81. The molecule has 0 radical (unpaired) electrons. The summed E-state index contributed by atoms with van der Waals surface area (Å²) in [6, 6.07) is 0.604. The average molecular weight is 154 g/mol. The van der Waals surface area contributed by atoms with Gasteiger partial charge in [0.1, 0.15) is 0 Å². The molecule has 1 saturated heterocycles. The number of hydrogen-bond donors (Lipinski definition) is 1. The quantitative estimate of drug-likeness (QED) is 0.563. The van der Waals surface area contributed by atoms with Crippen LogP contribution in [0.3, 0.4) is 0 Å². The van der Waals surface area contributed by atoms with E-state index >= 15 is 0 Å². The summed E-state index contributed by atoms with van der Waals surface area (Å²) in [5.74, 6) is 1.07. The minimum Gasteiger partial charge on any atom is -0.300 e. The monoisotopic (exact) mass is 154 g/mol. The molecule has 1 unspecified atom stereocenters. The minimum absolute atomic E-state index is 0.604. The van der Waals surface area contributed by atoms with Gasteiger partial charge in [0.25, 0.3) is 0 Å². The second kappa shape index (κ2) is 2.76. The van der Waals surface area contributed by atoms with Gasteiger partial charge in [0.15, 0.2) is 0 Å². The van der Waals surface area contributed by atoms with Gasteiger partial charge in [-0.3, -0.25) is 4.99 Å². The molecule has 1 fully saturated rings. The Bertz CT molecular complexity index is 186. The second-order valence-electron chi connectivity index (χ2n) is 2.46. The maximum Gasteiger partial charge on any atom is 0.0468 e. The lowest BCUT2D eigenvalue weighted by atomic mass is 10.2. The smallest absolute Gasteiger partial charge is 0.0468 e. The summed E-state index contributed by atoms with van der Waals surface area (Å²) in [6.07, 6.45) is 5.22. The highest BCUT2D eigenvalue weighted by Gasteiger charge is 2.20. The third-order valence-electron chi connectivity index (χ3n) is 1.80. The molecule has 3 heteroatoms. The molecule has 54 valence electrons. The zero-order valence-electron chi connectivity index (χ0n) is 5.71. The molecule has 0 spiro atoms. The molecule has 2 heterocycles. The number of thioether (sulfide) groups is 1. The Labute approximate surface area is 64.8 Å². The predicted molar refractivity (Wildman–Crippen MR) is 45.4 cm³/mol. The molecule has 0 bridgehead atoms. The number of allylic oxidation sites excluding steroid dienone is 1. The average Bonchev–Trinajstić information content (AvgIpc) is 2.28. The number of hydrogen-bond acceptors (Lipinski definition) is 3. The van der Waals surface area contributed by atoms with Crippen LogP contribution < -0.4 is 5.32 Å². The SMILES string of the molecule is C1=NCCC2NCSC2=C1. The molecule has 0 aromatic rings. The largest absolute Gasteiger partial charge is 0.300 e. The third-order valence-corrected chi connectivity index (χ3v) is 2.87. The van der Waals surface area contributed by atoms with Crippen molar-refractivity contribution in [3.05, 3.63) is 11.0 Å². The van der Waals surface area contributed by atoms with Crippen LogP contribution in [-0.4, -0.2) is 24.7 Å². The lowest BCUT2D eigenvalue weighted by molar-refractivity contribution is 0.626. The molecule has 2 nitrogen and oxygen atoms in total. The van der Waals surface area contributed by atoms with Crippen LogP contribution in [0.15, 0.2) is 16.0 Å². The van der Waals surface area contributed by atoms with Crippen molar-refractivity contribution in [2.24, 2.45) is 4.99 Å². The van der Waals surface area contributed by atoms with Gasteiger partial charge in [-0.1, -0.05) is 0 Å². The van der Waals surface area contributed by atoms with Gasteiger partial charge in [0, 0.05) is 29.6 Å². The Kier molecular flexibility index (Phi) is 1.78. The lowest BCUT2D eigenvalue weighted by Crippen LogP contribution is -2.22. The van der Waals surface area contributed by atoms with E-state index < -0.39 is 0 Å². The summed E-state index contributed by atoms with van der Waals surface area (Å²) >= 11 is 1.90. The van der Waals surface area contributed by atoms with E-state index in [0.29, 0.717) is 6.04 Å². The number of fused-ring (bicyclic) bond motifs is 1. The van der Waals surface area contributed by atoms with Crippen molar-refractivity contribution in [1.82, 2.24) is 5.32 Å². The van der Waals surface area contributed by atoms with Crippen LogP contribution in [0.1, 0.15) is 6.42 Å². The Hall–Kier alpha value is -0.280. The van der Waals surface area contributed by atoms with Gasteiger partial charge in [-0.05, 0) is 12.5 Å². The summed E-state index contributed by atoms with van der Waals surface area (Å²) in [4.78, 5) is 5.66. The fourth-order valence-corrected chi connectivity index (χ4v) is 2.25. The molecular weight excluding hydrogens is 144 g/mol. The van der Waals surface area contributed by atoms with Crippen molar-refractivity contribution < 1.29 is 0 Å². The Balaban J connectivity index is 2.18. The zero-order valence-corrected chi connectivity index (χ0v) is 6.53. The van der Waals surface area contributed by atoms with Crippen molar-refractivity contribution >= 4 is 18.0 Å². The topological polar surface area (TPSA) is 24.4 Å². The van der Waals surface area contributed by atoms with E-state index in [4.69, 9.17) is 0 Å². The van der Waals surface area contributed by atoms with Crippen molar-refractivity contribution in [3.63, 3.8) is 0 Å². The second-order valence-corrected chi connectivity index (χ2v) is 3.51. The molecule has 10 heavy (non-hydrogen) atoms. The van der Waals surface area contributed by atoms with Crippen LogP contribution in [0, 0.1) is 0 Å². The van der Waals surface area contributed by atoms with Crippen molar-refractivity contribution in [2.75, 3.05) is 12.4 Å². The Morgan fingerprint density at radius 1 is 1.70 bits per heavy atom. The fourth-order valence-electron chi connectivity index (χ4n) is 1.24. The fraction of sp³-hybridized carbons (Fsp3) is 0.571. The van der Waals surface area contributed by atoms with Gasteiger partial charge in [-0.2, -0.15) is 0 Å². The molecule has 1 N–H and O–H groups in total. The summed E-state index contributed by atoms with van der Waals surface area (Å²) < 4.78 is 0. The molecule has 2 aliphatic heterocycles. The lowest BCUT2D eigenvalue weighted by Gasteiger charge is -2.06. The standard InChI is InChI=1S/C7H10N2S/c1-3-8-4-2-7-6(1)9-5-10-7/h2,4,6,9H,1,3,5H2. The Morgan fingerprint density at radius 2 is 2.70 bits per heavy atom. The summed E-state index contributed by atoms with van der Waals surface area (Å²) in [5.41, 5.74) is 0. The molecule has 0 saturated carbocycles.